The molecule has 2 rings (SSSR count). The van der Waals surface area contributed by atoms with Crippen LogP contribution >= 0.6 is 11.8 Å². The van der Waals surface area contributed by atoms with Crippen LogP contribution in [0.3, 0.4) is 0 Å². The lowest BCUT2D eigenvalue weighted by molar-refractivity contribution is -0.384. The second kappa shape index (κ2) is 5.58. The van der Waals surface area contributed by atoms with E-state index in [0.29, 0.717) is 0 Å². The molecule has 6 nitrogen and oxygen atoms in total. The van der Waals surface area contributed by atoms with Crippen molar-refractivity contribution < 1.29 is 18.9 Å². The van der Waals surface area contributed by atoms with E-state index >= 15 is 0 Å². The minimum Gasteiger partial charge on any atom is -0.305 e. The Morgan fingerprint density at radius 1 is 1.55 bits per heavy atom. The molecule has 1 fully saturated rings. The molecule has 1 unspecified atom stereocenters. The fourth-order valence-corrected chi connectivity index (χ4v) is 3.01. The highest BCUT2D eigenvalue weighted by Crippen LogP contribution is 2.34. The fraction of sp³-hybridized carbons (Fsp3) is 0.333. The zero-order valence-corrected chi connectivity index (χ0v) is 11.4. The molecule has 106 valence electrons. The molecule has 1 atom stereocenters. The molecule has 1 saturated heterocycles. The molecule has 20 heavy (non-hydrogen) atoms. The van der Waals surface area contributed by atoms with Gasteiger partial charge in [0.2, 0.25) is 5.91 Å². The lowest BCUT2D eigenvalue weighted by atomic mass is 10.2. The summed E-state index contributed by atoms with van der Waals surface area (Å²) < 4.78 is 13.1. The number of amides is 1. The van der Waals surface area contributed by atoms with Crippen molar-refractivity contribution in [2.75, 3.05) is 11.4 Å². The Balaban J connectivity index is 2.30. The molecular formula is C12H11FN2O4S. The Labute approximate surface area is 118 Å². The molecule has 8 heteroatoms. The SMILES string of the molecule is CC(=O)SC1CC(=O)N(c2ccc(F)cc2[N+](=O)[O-])C1. The van der Waals surface area contributed by atoms with Gasteiger partial charge in [0.15, 0.2) is 5.12 Å². The second-order valence-electron chi connectivity index (χ2n) is 4.33. The van der Waals surface area contributed by atoms with Crippen molar-refractivity contribution in [2.45, 2.75) is 18.6 Å². The Hall–Kier alpha value is -1.96. The van der Waals surface area contributed by atoms with Crippen LogP contribution in [0.1, 0.15) is 13.3 Å². The van der Waals surface area contributed by atoms with Gasteiger partial charge in [-0.2, -0.15) is 0 Å². The number of rotatable bonds is 3. The summed E-state index contributed by atoms with van der Waals surface area (Å²) in [6.07, 6.45) is 0.138. The third kappa shape index (κ3) is 2.96. The molecule has 1 aliphatic heterocycles. The molecule has 1 amide bonds. The van der Waals surface area contributed by atoms with E-state index in [9.17, 15) is 24.1 Å². The molecule has 0 spiro atoms. The quantitative estimate of drug-likeness (QED) is 0.630. The molecule has 0 bridgehead atoms. The molecule has 1 aliphatic rings. The van der Waals surface area contributed by atoms with Gasteiger partial charge in [0.05, 0.1) is 11.0 Å². The Kier molecular flexibility index (Phi) is 4.03. The second-order valence-corrected chi connectivity index (χ2v) is 5.81. The van der Waals surface area contributed by atoms with Crippen LogP contribution in [0.2, 0.25) is 0 Å². The lowest BCUT2D eigenvalue weighted by Crippen LogP contribution is -2.25. The van der Waals surface area contributed by atoms with Crippen molar-refractivity contribution in [1.29, 1.82) is 0 Å². The van der Waals surface area contributed by atoms with Crippen LogP contribution in [0.25, 0.3) is 0 Å². The number of halogens is 1. The number of carbonyl (C=O) groups is 2. The predicted octanol–water partition coefficient (Wildman–Crippen LogP) is 2.12. The summed E-state index contributed by atoms with van der Waals surface area (Å²) in [7, 11) is 0. The number of anilines is 1. The first-order valence-corrected chi connectivity index (χ1v) is 6.68. The van der Waals surface area contributed by atoms with Gasteiger partial charge in [-0.1, -0.05) is 11.8 Å². The maximum atomic E-state index is 13.1. The van der Waals surface area contributed by atoms with Gasteiger partial charge in [-0.05, 0) is 12.1 Å². The van der Waals surface area contributed by atoms with Crippen molar-refractivity contribution in [2.24, 2.45) is 0 Å². The largest absolute Gasteiger partial charge is 0.305 e. The number of nitro groups is 1. The van der Waals surface area contributed by atoms with Crippen LogP contribution in [-0.4, -0.2) is 27.7 Å². The highest BCUT2D eigenvalue weighted by molar-refractivity contribution is 8.14. The van der Waals surface area contributed by atoms with E-state index in [1.54, 1.807) is 0 Å². The van der Waals surface area contributed by atoms with E-state index in [-0.39, 0.29) is 34.9 Å². The van der Waals surface area contributed by atoms with Crippen LogP contribution < -0.4 is 4.90 Å². The van der Waals surface area contributed by atoms with Gasteiger partial charge in [-0.25, -0.2) is 4.39 Å². The summed E-state index contributed by atoms with van der Waals surface area (Å²) in [5, 5.41) is 10.6. The molecule has 1 heterocycles. The van der Waals surface area contributed by atoms with Gasteiger partial charge >= 0.3 is 0 Å². The number of hydrogen-bond acceptors (Lipinski definition) is 5. The number of thioether (sulfide) groups is 1. The van der Waals surface area contributed by atoms with E-state index in [0.717, 1.165) is 23.9 Å². The predicted molar refractivity (Wildman–Crippen MR) is 72.1 cm³/mol. The molecule has 0 saturated carbocycles. The normalized spacial score (nSPS) is 18.4. The molecule has 0 N–H and O–H groups in total. The van der Waals surface area contributed by atoms with Crippen molar-refractivity contribution in [3.05, 3.63) is 34.1 Å². The monoisotopic (exact) mass is 298 g/mol. The van der Waals surface area contributed by atoms with Crippen LogP contribution in [-0.2, 0) is 9.59 Å². The van der Waals surface area contributed by atoms with Gasteiger partial charge in [0.1, 0.15) is 11.5 Å². The summed E-state index contributed by atoms with van der Waals surface area (Å²) in [6, 6.07) is 3.07. The maximum absolute atomic E-state index is 13.1. The van der Waals surface area contributed by atoms with E-state index in [1.807, 2.05) is 0 Å². The Morgan fingerprint density at radius 2 is 2.25 bits per heavy atom. The minimum absolute atomic E-state index is 0.0630. The van der Waals surface area contributed by atoms with Crippen molar-refractivity contribution in [3.63, 3.8) is 0 Å². The van der Waals surface area contributed by atoms with Crippen molar-refractivity contribution >= 4 is 34.2 Å². The van der Waals surface area contributed by atoms with Gasteiger partial charge in [0, 0.05) is 25.1 Å². The first-order valence-electron chi connectivity index (χ1n) is 5.80. The van der Waals surface area contributed by atoms with Crippen molar-refractivity contribution in [1.82, 2.24) is 0 Å². The molecule has 1 aromatic rings. The third-order valence-electron chi connectivity index (χ3n) is 2.85. The summed E-state index contributed by atoms with van der Waals surface area (Å²) in [4.78, 5) is 34.4. The van der Waals surface area contributed by atoms with Gasteiger partial charge in [0.25, 0.3) is 5.69 Å². The number of nitro benzene ring substituents is 1. The standard InChI is InChI=1S/C12H11FN2O4S/c1-7(16)20-9-5-12(17)14(6-9)10-3-2-8(13)4-11(10)15(18)19/h2-4,9H,5-6H2,1H3. The highest BCUT2D eigenvalue weighted by Gasteiger charge is 2.35. The van der Waals surface area contributed by atoms with Gasteiger partial charge in [-0.15, -0.1) is 0 Å². The van der Waals surface area contributed by atoms with Crippen molar-refractivity contribution in [3.8, 4) is 0 Å². The van der Waals surface area contributed by atoms with Crippen LogP contribution in [0, 0.1) is 15.9 Å². The number of benzene rings is 1. The van der Waals surface area contributed by atoms with Crippen LogP contribution in [0.5, 0.6) is 0 Å². The highest BCUT2D eigenvalue weighted by atomic mass is 32.2. The first kappa shape index (κ1) is 14.4. The van der Waals surface area contributed by atoms with Crippen LogP contribution in [0.4, 0.5) is 15.8 Å². The average Bonchev–Trinajstić information content (AvgIpc) is 2.69. The topological polar surface area (TPSA) is 80.5 Å². The maximum Gasteiger partial charge on any atom is 0.295 e. The summed E-state index contributed by atoms with van der Waals surface area (Å²) in [6.45, 7) is 1.60. The van der Waals surface area contributed by atoms with Crippen LogP contribution in [0.15, 0.2) is 18.2 Å². The lowest BCUT2D eigenvalue weighted by Gasteiger charge is -2.16. The zero-order valence-electron chi connectivity index (χ0n) is 10.5. The smallest absolute Gasteiger partial charge is 0.295 e. The third-order valence-corrected chi connectivity index (χ3v) is 3.83. The first-order chi connectivity index (χ1) is 9.38. The number of nitrogens with zero attached hydrogens (tertiary/aromatic N) is 2. The Bertz CT molecular complexity index is 593. The molecule has 1 aromatic carbocycles. The average molecular weight is 298 g/mol. The van der Waals surface area contributed by atoms with E-state index < -0.39 is 16.4 Å². The van der Waals surface area contributed by atoms with Gasteiger partial charge < -0.3 is 4.90 Å². The van der Waals surface area contributed by atoms with E-state index in [2.05, 4.69) is 0 Å². The summed E-state index contributed by atoms with van der Waals surface area (Å²) in [5.41, 5.74) is -0.389. The minimum atomic E-state index is -0.734. The van der Waals surface area contributed by atoms with E-state index in [4.69, 9.17) is 0 Å². The molecule has 0 aliphatic carbocycles. The zero-order chi connectivity index (χ0) is 14.9. The fourth-order valence-electron chi connectivity index (χ4n) is 2.09. The molecule has 0 aromatic heterocycles. The summed E-state index contributed by atoms with van der Waals surface area (Å²) >= 11 is 1.04. The van der Waals surface area contributed by atoms with E-state index in [1.165, 1.54) is 17.9 Å². The summed E-state index contributed by atoms with van der Waals surface area (Å²) in [5.74, 6) is -1.04. The Morgan fingerprint density at radius 3 is 2.85 bits per heavy atom. The molecular weight excluding hydrogens is 287 g/mol. The number of hydrogen-bond donors (Lipinski definition) is 0. The number of carbonyl (C=O) groups excluding carboxylic acids is 2. The molecule has 0 radical (unpaired) electrons. The van der Waals surface area contributed by atoms with Gasteiger partial charge in [-0.3, -0.25) is 19.7 Å².